The highest BCUT2D eigenvalue weighted by Gasteiger charge is 2.65. The number of unbranched alkanes of at least 4 members (excludes halogenated alkanes) is 2. The molecule has 2 atom stereocenters. The van der Waals surface area contributed by atoms with E-state index in [2.05, 4.69) is 6.92 Å². The number of aliphatic hydroxyl groups excluding tert-OH is 1. The predicted molar refractivity (Wildman–Crippen MR) is 65.1 cm³/mol. The highest BCUT2D eigenvalue weighted by Crippen LogP contribution is 2.54. The average molecular weight is 256 g/mol. The van der Waals surface area contributed by atoms with Crippen LogP contribution < -0.4 is 0 Å². The third-order valence-corrected chi connectivity index (χ3v) is 3.45. The molecule has 0 spiro atoms. The quantitative estimate of drug-likeness (QED) is 0.349. The molecular weight excluding hydrogens is 236 g/mol. The van der Waals surface area contributed by atoms with E-state index in [4.69, 9.17) is 10.2 Å². The molecule has 1 saturated carbocycles. The summed E-state index contributed by atoms with van der Waals surface area (Å²) in [5.74, 6) is -3.11. The zero-order valence-corrected chi connectivity index (χ0v) is 10.5. The molecule has 0 aromatic rings. The Kier molecular flexibility index (Phi) is 4.90. The van der Waals surface area contributed by atoms with Crippen molar-refractivity contribution >= 4 is 11.9 Å². The zero-order valence-electron chi connectivity index (χ0n) is 10.5. The molecule has 1 rings (SSSR count). The Labute approximate surface area is 106 Å². The van der Waals surface area contributed by atoms with Gasteiger partial charge in [0.15, 0.2) is 5.41 Å². The largest absolute Gasteiger partial charge is 0.480 e. The van der Waals surface area contributed by atoms with Crippen molar-refractivity contribution < 1.29 is 24.9 Å². The average Bonchev–Trinajstić information content (AvgIpc) is 3.02. The maximum Gasteiger partial charge on any atom is 0.321 e. The van der Waals surface area contributed by atoms with E-state index in [0.717, 1.165) is 19.3 Å². The molecule has 3 N–H and O–H groups in total. The van der Waals surface area contributed by atoms with Gasteiger partial charge in [-0.1, -0.05) is 38.3 Å². The lowest BCUT2D eigenvalue weighted by atomic mass is 10.0. The van der Waals surface area contributed by atoms with Crippen molar-refractivity contribution in [2.24, 2.45) is 11.3 Å². The minimum absolute atomic E-state index is 0.107. The molecule has 0 aromatic heterocycles. The molecule has 0 heterocycles. The van der Waals surface area contributed by atoms with Crippen molar-refractivity contribution in [3.63, 3.8) is 0 Å². The summed E-state index contributed by atoms with van der Waals surface area (Å²) in [4.78, 5) is 21.8. The second-order valence-corrected chi connectivity index (χ2v) is 4.84. The molecule has 1 fully saturated rings. The topological polar surface area (TPSA) is 94.8 Å². The summed E-state index contributed by atoms with van der Waals surface area (Å²) < 4.78 is 0. The van der Waals surface area contributed by atoms with Gasteiger partial charge in [0.1, 0.15) is 0 Å². The van der Waals surface area contributed by atoms with Gasteiger partial charge in [0, 0.05) is 5.92 Å². The lowest BCUT2D eigenvalue weighted by Gasteiger charge is -2.05. The Morgan fingerprint density at radius 2 is 1.94 bits per heavy atom. The fourth-order valence-corrected chi connectivity index (χ4v) is 2.07. The third kappa shape index (κ3) is 3.10. The second-order valence-electron chi connectivity index (χ2n) is 4.84. The molecule has 0 bridgehead atoms. The first-order valence-electron chi connectivity index (χ1n) is 6.28. The zero-order chi connectivity index (χ0) is 13.8. The number of allylic oxidation sites excluding steroid dienone is 1. The molecule has 0 aliphatic heterocycles. The van der Waals surface area contributed by atoms with E-state index in [0.29, 0.717) is 6.42 Å². The fourth-order valence-electron chi connectivity index (χ4n) is 2.07. The van der Waals surface area contributed by atoms with Crippen molar-refractivity contribution in [2.75, 3.05) is 0 Å². The van der Waals surface area contributed by atoms with Crippen LogP contribution in [0.4, 0.5) is 0 Å². The maximum atomic E-state index is 10.9. The third-order valence-electron chi connectivity index (χ3n) is 3.45. The molecular formula is C13H20O5. The molecule has 1 aliphatic carbocycles. The first-order chi connectivity index (χ1) is 8.45. The Hall–Kier alpha value is -1.36. The lowest BCUT2D eigenvalue weighted by Crippen LogP contribution is -2.27. The molecule has 5 heteroatoms. The minimum atomic E-state index is -1.67. The van der Waals surface area contributed by atoms with Crippen molar-refractivity contribution in [1.29, 1.82) is 0 Å². The Bertz CT molecular complexity index is 333. The number of carboxylic acid groups (broad SMARTS) is 2. The molecule has 2 unspecified atom stereocenters. The standard InChI is InChI=1S/C13H20O5/c1-2-3-4-5-10(14)7-6-9-8-13(9,11(15)16)12(17)18/h6-7,9-10,14H,2-5,8H2,1H3,(H,15,16)(H,17,18). The molecule has 1 aliphatic rings. The van der Waals surface area contributed by atoms with E-state index in [1.165, 1.54) is 12.2 Å². The number of aliphatic carboxylic acids is 2. The monoisotopic (exact) mass is 256 g/mol. The van der Waals surface area contributed by atoms with Gasteiger partial charge in [-0.15, -0.1) is 0 Å². The number of carbonyl (C=O) groups is 2. The van der Waals surface area contributed by atoms with Crippen LogP contribution in [0.5, 0.6) is 0 Å². The number of aliphatic hydroxyl groups is 1. The lowest BCUT2D eigenvalue weighted by molar-refractivity contribution is -0.157. The van der Waals surface area contributed by atoms with Crippen LogP contribution in [0, 0.1) is 11.3 Å². The summed E-state index contributed by atoms with van der Waals surface area (Å²) in [6.07, 6.45) is 6.20. The van der Waals surface area contributed by atoms with E-state index >= 15 is 0 Å². The smallest absolute Gasteiger partial charge is 0.321 e. The number of rotatable bonds is 8. The van der Waals surface area contributed by atoms with Crippen LogP contribution >= 0.6 is 0 Å². The fraction of sp³-hybridized carbons (Fsp3) is 0.692. The van der Waals surface area contributed by atoms with E-state index < -0.39 is 29.4 Å². The molecule has 0 amide bonds. The van der Waals surface area contributed by atoms with Gasteiger partial charge in [-0.3, -0.25) is 9.59 Å². The van der Waals surface area contributed by atoms with Crippen LogP contribution in [0.2, 0.25) is 0 Å². The molecule has 0 radical (unpaired) electrons. The Balaban J connectivity index is 2.45. The van der Waals surface area contributed by atoms with Crippen LogP contribution in [-0.4, -0.2) is 33.4 Å². The minimum Gasteiger partial charge on any atom is -0.480 e. The van der Waals surface area contributed by atoms with E-state index in [9.17, 15) is 14.7 Å². The van der Waals surface area contributed by atoms with Crippen molar-refractivity contribution in [2.45, 2.75) is 45.1 Å². The normalized spacial score (nSPS) is 22.9. The van der Waals surface area contributed by atoms with Gasteiger partial charge in [0.2, 0.25) is 0 Å². The van der Waals surface area contributed by atoms with Crippen molar-refractivity contribution in [1.82, 2.24) is 0 Å². The molecule has 18 heavy (non-hydrogen) atoms. The van der Waals surface area contributed by atoms with E-state index in [1.807, 2.05) is 0 Å². The van der Waals surface area contributed by atoms with Gasteiger partial charge < -0.3 is 15.3 Å². The first-order valence-corrected chi connectivity index (χ1v) is 6.28. The van der Waals surface area contributed by atoms with Crippen LogP contribution in [-0.2, 0) is 9.59 Å². The van der Waals surface area contributed by atoms with Crippen LogP contribution in [0.1, 0.15) is 39.0 Å². The highest BCUT2D eigenvalue weighted by atomic mass is 16.4. The summed E-state index contributed by atoms with van der Waals surface area (Å²) in [6, 6.07) is 0. The van der Waals surface area contributed by atoms with Gasteiger partial charge in [-0.2, -0.15) is 0 Å². The molecule has 102 valence electrons. The Morgan fingerprint density at radius 3 is 2.39 bits per heavy atom. The van der Waals surface area contributed by atoms with Crippen molar-refractivity contribution in [3.8, 4) is 0 Å². The maximum absolute atomic E-state index is 10.9. The molecule has 0 aromatic carbocycles. The highest BCUT2D eigenvalue weighted by molar-refractivity contribution is 6.02. The summed E-state index contributed by atoms with van der Waals surface area (Å²) in [5, 5.41) is 27.4. The first kappa shape index (κ1) is 14.7. The predicted octanol–water partition coefficient (Wildman–Crippen LogP) is 1.66. The van der Waals surface area contributed by atoms with Gasteiger partial charge in [0.05, 0.1) is 6.10 Å². The van der Waals surface area contributed by atoms with Gasteiger partial charge in [0.25, 0.3) is 0 Å². The van der Waals surface area contributed by atoms with E-state index in [-0.39, 0.29) is 6.42 Å². The summed E-state index contributed by atoms with van der Waals surface area (Å²) >= 11 is 0. The van der Waals surface area contributed by atoms with Gasteiger partial charge in [-0.25, -0.2) is 0 Å². The summed E-state index contributed by atoms with van der Waals surface area (Å²) in [7, 11) is 0. The number of carboxylic acids is 2. The second kappa shape index (κ2) is 6.00. The number of hydrogen-bond donors (Lipinski definition) is 3. The summed E-state index contributed by atoms with van der Waals surface area (Å²) in [5.41, 5.74) is -1.67. The van der Waals surface area contributed by atoms with Gasteiger partial charge in [-0.05, 0) is 12.8 Å². The number of hydrogen-bond acceptors (Lipinski definition) is 3. The molecule has 5 nitrogen and oxygen atoms in total. The van der Waals surface area contributed by atoms with E-state index in [1.54, 1.807) is 0 Å². The van der Waals surface area contributed by atoms with Crippen LogP contribution in [0.15, 0.2) is 12.2 Å². The van der Waals surface area contributed by atoms with Gasteiger partial charge >= 0.3 is 11.9 Å². The molecule has 0 saturated heterocycles. The van der Waals surface area contributed by atoms with Crippen molar-refractivity contribution in [3.05, 3.63) is 12.2 Å². The SMILES string of the molecule is CCCCCC(O)C=CC1CC1(C(=O)O)C(=O)O. The Morgan fingerprint density at radius 1 is 1.33 bits per heavy atom. The van der Waals surface area contributed by atoms with Crippen LogP contribution in [0.3, 0.4) is 0 Å². The summed E-state index contributed by atoms with van der Waals surface area (Å²) in [6.45, 7) is 2.07. The van der Waals surface area contributed by atoms with Crippen LogP contribution in [0.25, 0.3) is 0 Å².